The Morgan fingerprint density at radius 1 is 1.10 bits per heavy atom. The summed E-state index contributed by atoms with van der Waals surface area (Å²) in [4.78, 5) is 2.67. The van der Waals surface area contributed by atoms with Crippen LogP contribution in [0.4, 0.5) is 0 Å². The molecule has 3 atom stereocenters. The van der Waals surface area contributed by atoms with Gasteiger partial charge in [-0.2, -0.15) is 0 Å². The molecule has 2 aliphatic rings. The van der Waals surface area contributed by atoms with E-state index in [1.165, 1.54) is 50.6 Å². The molecule has 0 amide bonds. The number of hydrogen-bond acceptors (Lipinski definition) is 2. The fourth-order valence-corrected chi connectivity index (χ4v) is 4.25. The van der Waals surface area contributed by atoms with E-state index < -0.39 is 0 Å². The minimum atomic E-state index is -0.311. The van der Waals surface area contributed by atoms with Crippen molar-refractivity contribution >= 4 is 0 Å². The van der Waals surface area contributed by atoms with Gasteiger partial charge in [-0.1, -0.05) is 42.7 Å². The highest BCUT2D eigenvalue weighted by Gasteiger charge is 2.32. The molecule has 1 aliphatic heterocycles. The van der Waals surface area contributed by atoms with E-state index in [2.05, 4.69) is 36.1 Å². The number of aliphatic hydroxyl groups excluding tert-OH is 1. The van der Waals surface area contributed by atoms with Crippen molar-refractivity contribution in [3.8, 4) is 0 Å². The summed E-state index contributed by atoms with van der Waals surface area (Å²) in [6, 6.07) is 9.13. The second-order valence-electron chi connectivity index (χ2n) is 7.01. The van der Waals surface area contributed by atoms with Crippen LogP contribution in [0.1, 0.15) is 62.2 Å². The highest BCUT2D eigenvalue weighted by atomic mass is 16.3. The molecule has 0 spiro atoms. The maximum atomic E-state index is 10.4. The number of nitrogens with zero attached hydrogens (tertiary/aromatic N) is 1. The number of piperidine rings is 1. The van der Waals surface area contributed by atoms with Crippen molar-refractivity contribution in [1.29, 1.82) is 0 Å². The third-order valence-corrected chi connectivity index (χ3v) is 5.51. The molecule has 0 radical (unpaired) electrons. The molecule has 1 aliphatic carbocycles. The van der Waals surface area contributed by atoms with Gasteiger partial charge in [0.25, 0.3) is 0 Å². The summed E-state index contributed by atoms with van der Waals surface area (Å²) in [6.07, 6.45) is 8.98. The Bertz CT molecular complexity index is 439. The van der Waals surface area contributed by atoms with Crippen LogP contribution < -0.4 is 0 Å². The van der Waals surface area contributed by atoms with Gasteiger partial charge in [0, 0.05) is 12.6 Å². The number of rotatable bonds is 4. The topological polar surface area (TPSA) is 23.5 Å². The first-order valence-electron chi connectivity index (χ1n) is 8.73. The van der Waals surface area contributed by atoms with Gasteiger partial charge in [-0.15, -0.1) is 0 Å². The summed E-state index contributed by atoms with van der Waals surface area (Å²) in [7, 11) is 0. The van der Waals surface area contributed by atoms with Crippen molar-refractivity contribution in [2.75, 3.05) is 13.1 Å². The van der Waals surface area contributed by atoms with Crippen molar-refractivity contribution in [1.82, 2.24) is 4.90 Å². The van der Waals surface area contributed by atoms with Crippen LogP contribution in [0.3, 0.4) is 0 Å². The van der Waals surface area contributed by atoms with E-state index in [1.807, 2.05) is 0 Å². The van der Waals surface area contributed by atoms with Crippen molar-refractivity contribution in [3.63, 3.8) is 0 Å². The van der Waals surface area contributed by atoms with Crippen LogP contribution in [0.15, 0.2) is 24.3 Å². The fraction of sp³-hybridized carbons (Fsp3) is 0.684. The summed E-state index contributed by atoms with van der Waals surface area (Å²) in [5, 5.41) is 10.4. The normalized spacial score (nSPS) is 28.1. The lowest BCUT2D eigenvalue weighted by molar-refractivity contribution is 0.0456. The van der Waals surface area contributed by atoms with Gasteiger partial charge in [-0.05, 0) is 57.1 Å². The lowest BCUT2D eigenvalue weighted by Gasteiger charge is -2.44. The first kappa shape index (κ1) is 15.1. The summed E-state index contributed by atoms with van der Waals surface area (Å²) < 4.78 is 0. The molecule has 116 valence electrons. The van der Waals surface area contributed by atoms with Gasteiger partial charge < -0.3 is 10.0 Å². The van der Waals surface area contributed by atoms with Crippen molar-refractivity contribution < 1.29 is 5.11 Å². The molecule has 1 saturated heterocycles. The molecule has 1 aromatic rings. The lowest BCUT2D eigenvalue weighted by Crippen LogP contribution is -2.47. The maximum Gasteiger partial charge on any atom is 0.0802 e. The van der Waals surface area contributed by atoms with E-state index in [0.717, 1.165) is 30.5 Å². The van der Waals surface area contributed by atoms with Crippen LogP contribution in [0.5, 0.6) is 0 Å². The van der Waals surface area contributed by atoms with E-state index in [9.17, 15) is 5.11 Å². The van der Waals surface area contributed by atoms with Crippen molar-refractivity contribution in [2.45, 2.75) is 64.0 Å². The third-order valence-electron chi connectivity index (χ3n) is 5.51. The number of benzene rings is 1. The molecule has 0 bridgehead atoms. The van der Waals surface area contributed by atoms with E-state index in [-0.39, 0.29) is 6.10 Å². The van der Waals surface area contributed by atoms with Crippen LogP contribution in [0, 0.1) is 12.8 Å². The Kier molecular flexibility index (Phi) is 4.97. The Morgan fingerprint density at radius 2 is 1.81 bits per heavy atom. The van der Waals surface area contributed by atoms with Gasteiger partial charge in [-0.25, -0.2) is 0 Å². The zero-order valence-corrected chi connectivity index (χ0v) is 13.3. The highest BCUT2D eigenvalue weighted by Crippen LogP contribution is 2.35. The molecule has 1 N–H and O–H groups in total. The molecule has 2 fully saturated rings. The van der Waals surface area contributed by atoms with Gasteiger partial charge in [0.2, 0.25) is 0 Å². The van der Waals surface area contributed by atoms with E-state index >= 15 is 0 Å². The number of fused-ring (bicyclic) bond motifs is 1. The molecule has 2 heteroatoms. The average molecular weight is 287 g/mol. The first-order valence-corrected chi connectivity index (χ1v) is 8.73. The zero-order chi connectivity index (χ0) is 14.7. The Hall–Kier alpha value is -0.860. The zero-order valence-electron chi connectivity index (χ0n) is 13.3. The summed E-state index contributed by atoms with van der Waals surface area (Å²) in [6.45, 7) is 4.38. The number of likely N-dealkylation sites (tertiary alicyclic amines) is 1. The standard InChI is InChI=1S/C19H29NO/c1-15-8-10-17(11-9-15)19(21)12-14-20-13-4-6-16-5-2-3-7-18(16)20/h8-11,16,18-19,21H,2-7,12-14H2,1H3. The minimum absolute atomic E-state index is 0.311. The van der Waals surface area contributed by atoms with E-state index in [4.69, 9.17) is 0 Å². The molecule has 1 heterocycles. The number of aliphatic hydroxyl groups is 1. The van der Waals surface area contributed by atoms with Crippen LogP contribution >= 0.6 is 0 Å². The van der Waals surface area contributed by atoms with E-state index in [1.54, 1.807) is 0 Å². The van der Waals surface area contributed by atoms with Crippen LogP contribution in [-0.2, 0) is 0 Å². The van der Waals surface area contributed by atoms with Crippen molar-refractivity contribution in [2.24, 2.45) is 5.92 Å². The molecule has 3 unspecified atom stereocenters. The molecule has 1 saturated carbocycles. The molecular formula is C19H29NO. The SMILES string of the molecule is Cc1ccc(C(O)CCN2CCCC3CCCCC32)cc1. The lowest BCUT2D eigenvalue weighted by atomic mass is 9.78. The van der Waals surface area contributed by atoms with Gasteiger partial charge >= 0.3 is 0 Å². The Labute approximate surface area is 129 Å². The molecule has 1 aromatic carbocycles. The van der Waals surface area contributed by atoms with Gasteiger partial charge in [0.1, 0.15) is 0 Å². The first-order chi connectivity index (χ1) is 10.2. The minimum Gasteiger partial charge on any atom is -0.388 e. The van der Waals surface area contributed by atoms with Gasteiger partial charge in [0.15, 0.2) is 0 Å². The summed E-state index contributed by atoms with van der Waals surface area (Å²) in [5.41, 5.74) is 2.32. The largest absolute Gasteiger partial charge is 0.388 e. The highest BCUT2D eigenvalue weighted by molar-refractivity contribution is 5.23. The predicted octanol–water partition coefficient (Wildman–Crippen LogP) is 4.07. The Morgan fingerprint density at radius 3 is 2.62 bits per heavy atom. The maximum absolute atomic E-state index is 10.4. The molecule has 3 rings (SSSR count). The number of hydrogen-bond donors (Lipinski definition) is 1. The monoisotopic (exact) mass is 287 g/mol. The van der Waals surface area contributed by atoms with Crippen LogP contribution in [0.25, 0.3) is 0 Å². The second-order valence-corrected chi connectivity index (χ2v) is 7.01. The second kappa shape index (κ2) is 6.93. The predicted molar refractivity (Wildman–Crippen MR) is 87.3 cm³/mol. The van der Waals surface area contributed by atoms with Crippen LogP contribution in [-0.4, -0.2) is 29.1 Å². The number of aryl methyl sites for hydroxylation is 1. The molecule has 0 aromatic heterocycles. The van der Waals surface area contributed by atoms with Crippen molar-refractivity contribution in [3.05, 3.63) is 35.4 Å². The summed E-state index contributed by atoms with van der Waals surface area (Å²) >= 11 is 0. The van der Waals surface area contributed by atoms with E-state index in [0.29, 0.717) is 0 Å². The van der Waals surface area contributed by atoms with Crippen LogP contribution in [0.2, 0.25) is 0 Å². The van der Waals surface area contributed by atoms with Gasteiger partial charge in [0.05, 0.1) is 6.10 Å². The fourth-order valence-electron chi connectivity index (χ4n) is 4.25. The molecule has 21 heavy (non-hydrogen) atoms. The summed E-state index contributed by atoms with van der Waals surface area (Å²) in [5.74, 6) is 0.934. The quantitative estimate of drug-likeness (QED) is 0.902. The third kappa shape index (κ3) is 3.67. The smallest absolute Gasteiger partial charge is 0.0802 e. The molecular weight excluding hydrogens is 258 g/mol. The average Bonchev–Trinajstić information content (AvgIpc) is 2.53. The van der Waals surface area contributed by atoms with Gasteiger partial charge in [-0.3, -0.25) is 0 Å². The Balaban J connectivity index is 1.55. The molecule has 2 nitrogen and oxygen atoms in total.